The zero-order valence-electron chi connectivity index (χ0n) is 17.4. The molecule has 0 aliphatic carbocycles. The van der Waals surface area contributed by atoms with Crippen molar-refractivity contribution in [2.24, 2.45) is 5.92 Å². The van der Waals surface area contributed by atoms with Crippen molar-refractivity contribution in [1.29, 1.82) is 0 Å². The van der Waals surface area contributed by atoms with Crippen LogP contribution in [-0.2, 0) is 17.5 Å². The average molecular weight is 440 g/mol. The van der Waals surface area contributed by atoms with Gasteiger partial charge in [-0.3, -0.25) is 9.59 Å². The number of rotatable bonds is 4. The maximum Gasteiger partial charge on any atom is 0.416 e. The largest absolute Gasteiger partial charge is 0.416 e. The number of halogens is 3. The molecule has 0 bridgehead atoms. The highest BCUT2D eigenvalue weighted by atomic mass is 19.4. The molecule has 3 aromatic carbocycles. The topological polar surface area (TPSA) is 49.4 Å². The number of piperidine rings is 1. The van der Waals surface area contributed by atoms with Gasteiger partial charge in [0.25, 0.3) is 5.91 Å². The van der Waals surface area contributed by atoms with E-state index in [-0.39, 0.29) is 24.3 Å². The molecule has 32 heavy (non-hydrogen) atoms. The summed E-state index contributed by atoms with van der Waals surface area (Å²) in [6.45, 7) is 1.05. The number of carbonyl (C=O) groups is 2. The van der Waals surface area contributed by atoms with Gasteiger partial charge in [-0.1, -0.05) is 48.5 Å². The van der Waals surface area contributed by atoms with Crippen molar-refractivity contribution in [3.63, 3.8) is 0 Å². The molecular formula is C25H23F3N2O2. The van der Waals surface area contributed by atoms with Crippen molar-refractivity contribution in [2.45, 2.75) is 25.6 Å². The molecule has 1 saturated heterocycles. The monoisotopic (exact) mass is 440 g/mol. The van der Waals surface area contributed by atoms with Crippen LogP contribution in [0.3, 0.4) is 0 Å². The van der Waals surface area contributed by atoms with E-state index in [4.69, 9.17) is 0 Å². The fourth-order valence-corrected chi connectivity index (χ4v) is 4.10. The lowest BCUT2D eigenvalue weighted by Gasteiger charge is -2.32. The van der Waals surface area contributed by atoms with Crippen LogP contribution in [0.1, 0.15) is 34.3 Å². The minimum atomic E-state index is -4.38. The van der Waals surface area contributed by atoms with E-state index in [1.54, 1.807) is 11.0 Å². The fraction of sp³-hybridized carbons (Fsp3) is 0.280. The number of amides is 2. The summed E-state index contributed by atoms with van der Waals surface area (Å²) in [5.74, 6) is -0.639. The third kappa shape index (κ3) is 4.77. The van der Waals surface area contributed by atoms with Crippen LogP contribution in [0.25, 0.3) is 10.8 Å². The van der Waals surface area contributed by atoms with Gasteiger partial charge in [0.05, 0.1) is 11.5 Å². The minimum Gasteiger partial charge on any atom is -0.352 e. The minimum absolute atomic E-state index is 0.0953. The molecule has 1 fully saturated rings. The molecule has 1 heterocycles. The van der Waals surface area contributed by atoms with Gasteiger partial charge in [0, 0.05) is 25.2 Å². The zero-order valence-corrected chi connectivity index (χ0v) is 17.4. The standard InChI is InChI=1S/C25H23F3N2O2/c26-25(27,28)20-12-10-17(11-13-20)15-29-23(31)19-7-4-14-30(16-19)24(32)22-9-3-6-18-5-1-2-8-21(18)22/h1-3,5-6,8-13,19H,4,7,14-16H2,(H,29,31). The first-order chi connectivity index (χ1) is 15.3. The average Bonchev–Trinajstić information content (AvgIpc) is 2.81. The molecule has 4 nitrogen and oxygen atoms in total. The van der Waals surface area contributed by atoms with E-state index < -0.39 is 11.7 Å². The molecule has 7 heteroatoms. The van der Waals surface area contributed by atoms with Gasteiger partial charge in [-0.25, -0.2) is 0 Å². The van der Waals surface area contributed by atoms with E-state index in [0.717, 1.165) is 29.3 Å². The number of nitrogens with zero attached hydrogens (tertiary/aromatic N) is 1. The summed E-state index contributed by atoms with van der Waals surface area (Å²) in [7, 11) is 0. The van der Waals surface area contributed by atoms with Crippen LogP contribution >= 0.6 is 0 Å². The third-order valence-electron chi connectivity index (χ3n) is 5.85. The molecule has 1 N–H and O–H groups in total. The summed E-state index contributed by atoms with van der Waals surface area (Å²) in [5, 5.41) is 4.67. The van der Waals surface area contributed by atoms with E-state index in [1.807, 2.05) is 36.4 Å². The van der Waals surface area contributed by atoms with E-state index in [1.165, 1.54) is 12.1 Å². The lowest BCUT2D eigenvalue weighted by Crippen LogP contribution is -2.45. The van der Waals surface area contributed by atoms with Crippen molar-refractivity contribution in [1.82, 2.24) is 10.2 Å². The molecule has 166 valence electrons. The number of alkyl halides is 3. The maximum absolute atomic E-state index is 13.2. The SMILES string of the molecule is O=C(NCc1ccc(C(F)(F)F)cc1)C1CCCN(C(=O)c2cccc3ccccc23)C1. The molecule has 0 saturated carbocycles. The summed E-state index contributed by atoms with van der Waals surface area (Å²) in [5.41, 5.74) is 0.488. The molecule has 1 aliphatic heterocycles. The van der Waals surface area contributed by atoms with Gasteiger partial charge in [0.2, 0.25) is 5.91 Å². The summed E-state index contributed by atoms with van der Waals surface area (Å²) in [4.78, 5) is 27.6. The van der Waals surface area contributed by atoms with Crippen molar-refractivity contribution in [3.8, 4) is 0 Å². The Morgan fingerprint density at radius 2 is 1.69 bits per heavy atom. The molecule has 1 unspecified atom stereocenters. The normalized spacial score (nSPS) is 16.7. The zero-order chi connectivity index (χ0) is 22.7. The molecule has 0 spiro atoms. The van der Waals surface area contributed by atoms with Crippen LogP contribution in [0.15, 0.2) is 66.7 Å². The summed E-state index contributed by atoms with van der Waals surface area (Å²) in [6.07, 6.45) is -3.00. The van der Waals surface area contributed by atoms with E-state index in [0.29, 0.717) is 30.6 Å². The Morgan fingerprint density at radius 1 is 0.969 bits per heavy atom. The second-order valence-corrected chi connectivity index (χ2v) is 8.03. The van der Waals surface area contributed by atoms with Gasteiger partial charge in [-0.15, -0.1) is 0 Å². The fourth-order valence-electron chi connectivity index (χ4n) is 4.10. The van der Waals surface area contributed by atoms with Gasteiger partial charge < -0.3 is 10.2 Å². The van der Waals surface area contributed by atoms with Crippen LogP contribution in [0.5, 0.6) is 0 Å². The van der Waals surface area contributed by atoms with Crippen molar-refractivity contribution in [2.75, 3.05) is 13.1 Å². The Hall–Kier alpha value is -3.35. The Labute approximate surface area is 184 Å². The number of likely N-dealkylation sites (tertiary alicyclic amines) is 1. The van der Waals surface area contributed by atoms with E-state index >= 15 is 0 Å². The molecule has 1 aliphatic rings. The highest BCUT2D eigenvalue weighted by Crippen LogP contribution is 2.29. The van der Waals surface area contributed by atoms with Crippen molar-refractivity contribution in [3.05, 3.63) is 83.4 Å². The number of benzene rings is 3. The Bertz CT molecular complexity index is 1120. The summed E-state index contributed by atoms with van der Waals surface area (Å²) < 4.78 is 38.1. The third-order valence-corrected chi connectivity index (χ3v) is 5.85. The Balaban J connectivity index is 1.39. The van der Waals surface area contributed by atoms with Crippen molar-refractivity contribution < 1.29 is 22.8 Å². The summed E-state index contributed by atoms with van der Waals surface area (Å²) >= 11 is 0. The van der Waals surface area contributed by atoms with Crippen LogP contribution in [0, 0.1) is 5.92 Å². The molecular weight excluding hydrogens is 417 g/mol. The molecule has 3 aromatic rings. The highest BCUT2D eigenvalue weighted by Gasteiger charge is 2.31. The number of nitrogens with one attached hydrogen (secondary N) is 1. The Kier molecular flexibility index (Phi) is 6.17. The lowest BCUT2D eigenvalue weighted by molar-refractivity contribution is -0.137. The first-order valence-corrected chi connectivity index (χ1v) is 10.5. The molecule has 4 rings (SSSR count). The van der Waals surface area contributed by atoms with E-state index in [9.17, 15) is 22.8 Å². The number of fused-ring (bicyclic) bond motifs is 1. The first kappa shape index (κ1) is 21.9. The van der Waals surface area contributed by atoms with Crippen molar-refractivity contribution >= 4 is 22.6 Å². The molecule has 2 amide bonds. The van der Waals surface area contributed by atoms with Gasteiger partial charge in [0.15, 0.2) is 0 Å². The van der Waals surface area contributed by atoms with Crippen LogP contribution in [0.2, 0.25) is 0 Å². The lowest BCUT2D eigenvalue weighted by atomic mass is 9.95. The van der Waals surface area contributed by atoms with Gasteiger partial charge in [0.1, 0.15) is 0 Å². The second kappa shape index (κ2) is 9.02. The maximum atomic E-state index is 13.2. The quantitative estimate of drug-likeness (QED) is 0.619. The number of hydrogen-bond acceptors (Lipinski definition) is 2. The summed E-state index contributed by atoms with van der Waals surface area (Å²) in [6, 6.07) is 18.1. The highest BCUT2D eigenvalue weighted by molar-refractivity contribution is 6.07. The van der Waals surface area contributed by atoms with Gasteiger partial charge in [-0.2, -0.15) is 13.2 Å². The smallest absolute Gasteiger partial charge is 0.352 e. The van der Waals surface area contributed by atoms with Gasteiger partial charge >= 0.3 is 6.18 Å². The predicted octanol–water partition coefficient (Wildman–Crippen LogP) is 5.03. The number of carbonyl (C=O) groups excluding carboxylic acids is 2. The predicted molar refractivity (Wildman–Crippen MR) is 116 cm³/mol. The van der Waals surface area contributed by atoms with E-state index in [2.05, 4.69) is 5.32 Å². The van der Waals surface area contributed by atoms with Gasteiger partial charge in [-0.05, 0) is 47.4 Å². The Morgan fingerprint density at radius 3 is 2.44 bits per heavy atom. The van der Waals surface area contributed by atoms with Crippen LogP contribution < -0.4 is 5.32 Å². The molecule has 0 radical (unpaired) electrons. The van der Waals surface area contributed by atoms with Crippen LogP contribution in [0.4, 0.5) is 13.2 Å². The molecule has 0 aromatic heterocycles. The second-order valence-electron chi connectivity index (χ2n) is 8.03. The first-order valence-electron chi connectivity index (χ1n) is 10.5. The molecule has 1 atom stereocenters. The van der Waals surface area contributed by atoms with Crippen LogP contribution in [-0.4, -0.2) is 29.8 Å². The number of hydrogen-bond donors (Lipinski definition) is 1.